The first-order chi connectivity index (χ1) is 9.34. The Kier molecular flexibility index (Phi) is 6.51. The summed E-state index contributed by atoms with van der Waals surface area (Å²) < 4.78 is 26.5. The van der Waals surface area contributed by atoms with Crippen molar-refractivity contribution in [3.63, 3.8) is 0 Å². The van der Waals surface area contributed by atoms with E-state index < -0.39 is 16.0 Å². The molecule has 0 amide bonds. The van der Waals surface area contributed by atoms with E-state index in [4.69, 9.17) is 5.11 Å². The maximum absolute atomic E-state index is 12.0. The highest BCUT2D eigenvalue weighted by Gasteiger charge is 2.15. The minimum Gasteiger partial charge on any atom is -0.478 e. The number of aromatic carboxylic acids is 1. The van der Waals surface area contributed by atoms with Gasteiger partial charge in [-0.15, -0.1) is 0 Å². The second kappa shape index (κ2) is 7.66. The second-order valence-corrected chi connectivity index (χ2v) is 7.51. The molecule has 1 aromatic rings. The molecule has 1 unspecified atom stereocenters. The van der Waals surface area contributed by atoms with Crippen molar-refractivity contribution < 1.29 is 18.3 Å². The number of hydrogen-bond acceptors (Lipinski definition) is 4. The van der Waals surface area contributed by atoms with Gasteiger partial charge in [0, 0.05) is 11.8 Å². The molecule has 0 saturated carbocycles. The van der Waals surface area contributed by atoms with Gasteiger partial charge in [0.25, 0.3) is 0 Å². The van der Waals surface area contributed by atoms with E-state index in [0.717, 1.165) is 11.5 Å². The van der Waals surface area contributed by atoms with Gasteiger partial charge in [-0.05, 0) is 30.4 Å². The van der Waals surface area contributed by atoms with Gasteiger partial charge in [-0.25, -0.2) is 17.9 Å². The number of benzene rings is 1. The van der Waals surface area contributed by atoms with Crippen LogP contribution in [-0.2, 0) is 15.8 Å². The van der Waals surface area contributed by atoms with Gasteiger partial charge in [0.2, 0.25) is 10.0 Å². The van der Waals surface area contributed by atoms with Crippen LogP contribution in [0.15, 0.2) is 24.3 Å². The zero-order chi connectivity index (χ0) is 15.2. The lowest BCUT2D eigenvalue weighted by molar-refractivity contribution is 0.0697. The average Bonchev–Trinajstić information content (AvgIpc) is 2.35. The van der Waals surface area contributed by atoms with Gasteiger partial charge in [0.05, 0.1) is 11.3 Å². The lowest BCUT2D eigenvalue weighted by Crippen LogP contribution is -2.35. The van der Waals surface area contributed by atoms with Gasteiger partial charge in [-0.2, -0.15) is 11.8 Å². The molecule has 1 rings (SSSR count). The number of carboxylic acids is 1. The van der Waals surface area contributed by atoms with E-state index in [2.05, 4.69) is 4.72 Å². The van der Waals surface area contributed by atoms with Crippen LogP contribution in [0.5, 0.6) is 0 Å². The molecule has 0 aliphatic rings. The predicted molar refractivity (Wildman–Crippen MR) is 81.6 cm³/mol. The quantitative estimate of drug-likeness (QED) is 0.765. The fourth-order valence-electron chi connectivity index (χ4n) is 1.64. The van der Waals surface area contributed by atoms with E-state index in [9.17, 15) is 13.2 Å². The summed E-state index contributed by atoms with van der Waals surface area (Å²) in [5.41, 5.74) is 0.713. The van der Waals surface area contributed by atoms with Gasteiger partial charge < -0.3 is 5.11 Å². The Morgan fingerprint density at radius 2 is 1.95 bits per heavy atom. The van der Waals surface area contributed by atoms with Crippen molar-refractivity contribution in [2.75, 3.05) is 11.5 Å². The largest absolute Gasteiger partial charge is 0.478 e. The van der Waals surface area contributed by atoms with Crippen molar-refractivity contribution in [3.05, 3.63) is 35.4 Å². The van der Waals surface area contributed by atoms with Crippen LogP contribution in [0, 0.1) is 0 Å². The van der Waals surface area contributed by atoms with E-state index in [-0.39, 0.29) is 17.4 Å². The smallest absolute Gasteiger partial charge is 0.335 e. The number of sulfonamides is 1. The van der Waals surface area contributed by atoms with Crippen LogP contribution in [0.3, 0.4) is 0 Å². The maximum atomic E-state index is 12.0. The maximum Gasteiger partial charge on any atom is 0.335 e. The van der Waals surface area contributed by atoms with E-state index >= 15 is 0 Å². The number of nitrogens with one attached hydrogen (secondary N) is 1. The number of rotatable bonds is 8. The molecule has 20 heavy (non-hydrogen) atoms. The Morgan fingerprint density at radius 1 is 1.35 bits per heavy atom. The molecule has 0 spiro atoms. The molecule has 0 heterocycles. The van der Waals surface area contributed by atoms with Crippen LogP contribution in [0.2, 0.25) is 0 Å². The lowest BCUT2D eigenvalue weighted by Gasteiger charge is -2.13. The van der Waals surface area contributed by atoms with Crippen molar-refractivity contribution in [2.45, 2.75) is 25.6 Å². The van der Waals surface area contributed by atoms with Crippen molar-refractivity contribution in [1.82, 2.24) is 4.72 Å². The zero-order valence-electron chi connectivity index (χ0n) is 11.5. The third kappa shape index (κ3) is 5.94. The molecule has 0 aliphatic heterocycles. The Labute approximate surface area is 123 Å². The number of carboxylic acid groups (broad SMARTS) is 1. The Hall–Kier alpha value is -1.05. The van der Waals surface area contributed by atoms with Crippen molar-refractivity contribution >= 4 is 27.8 Å². The molecule has 112 valence electrons. The van der Waals surface area contributed by atoms with Gasteiger partial charge >= 0.3 is 5.97 Å². The Bertz CT molecular complexity index is 540. The average molecular weight is 317 g/mol. The van der Waals surface area contributed by atoms with E-state index in [0.29, 0.717) is 5.56 Å². The molecule has 0 bridgehead atoms. The summed E-state index contributed by atoms with van der Waals surface area (Å²) in [4.78, 5) is 10.7. The van der Waals surface area contributed by atoms with Crippen molar-refractivity contribution in [3.8, 4) is 0 Å². The summed E-state index contributed by atoms with van der Waals surface area (Å²) in [5, 5.41) is 8.78. The molecule has 2 N–H and O–H groups in total. The minimum atomic E-state index is -3.41. The van der Waals surface area contributed by atoms with Crippen LogP contribution < -0.4 is 4.72 Å². The van der Waals surface area contributed by atoms with Gasteiger partial charge in [0.1, 0.15) is 0 Å². The topological polar surface area (TPSA) is 83.5 Å². The standard InChI is InChI=1S/C13H19NO4S2/c1-3-19-8-10(2)14-20(17,18)9-11-4-6-12(7-5-11)13(15)16/h4-7,10,14H,3,8-9H2,1-2H3,(H,15,16). The molecule has 0 radical (unpaired) electrons. The van der Waals surface area contributed by atoms with Crippen LogP contribution in [0.1, 0.15) is 29.8 Å². The number of carbonyl (C=O) groups is 1. The molecule has 0 fully saturated rings. The number of thioether (sulfide) groups is 1. The molecule has 5 nitrogen and oxygen atoms in total. The fraction of sp³-hybridized carbons (Fsp3) is 0.462. The molecule has 1 aromatic carbocycles. The molecule has 0 aromatic heterocycles. The highest BCUT2D eigenvalue weighted by molar-refractivity contribution is 7.99. The van der Waals surface area contributed by atoms with Crippen molar-refractivity contribution in [2.24, 2.45) is 0 Å². The molecule has 1 atom stereocenters. The molecule has 0 aliphatic carbocycles. The van der Waals surface area contributed by atoms with E-state index in [1.54, 1.807) is 11.8 Å². The third-order valence-corrected chi connectivity index (χ3v) is 5.13. The highest BCUT2D eigenvalue weighted by atomic mass is 32.2. The summed E-state index contributed by atoms with van der Waals surface area (Å²) >= 11 is 1.68. The van der Waals surface area contributed by atoms with Gasteiger partial charge in [-0.3, -0.25) is 0 Å². The summed E-state index contributed by atoms with van der Waals surface area (Å²) in [6, 6.07) is 5.73. The highest BCUT2D eigenvalue weighted by Crippen LogP contribution is 2.09. The van der Waals surface area contributed by atoms with Crippen LogP contribution in [-0.4, -0.2) is 37.0 Å². The predicted octanol–water partition coefficient (Wildman–Crippen LogP) is 1.95. The monoisotopic (exact) mass is 317 g/mol. The zero-order valence-corrected chi connectivity index (χ0v) is 13.1. The molecule has 7 heteroatoms. The van der Waals surface area contributed by atoms with Crippen LogP contribution >= 0.6 is 11.8 Å². The lowest BCUT2D eigenvalue weighted by atomic mass is 10.1. The summed E-state index contributed by atoms with van der Waals surface area (Å²) in [7, 11) is -3.41. The summed E-state index contributed by atoms with van der Waals surface area (Å²) in [6.07, 6.45) is 0. The number of hydrogen-bond donors (Lipinski definition) is 2. The Morgan fingerprint density at radius 3 is 2.45 bits per heavy atom. The first kappa shape index (κ1) is 17.0. The first-order valence-corrected chi connectivity index (χ1v) is 9.04. The van der Waals surface area contributed by atoms with Crippen LogP contribution in [0.4, 0.5) is 0 Å². The third-order valence-electron chi connectivity index (χ3n) is 2.51. The summed E-state index contributed by atoms with van der Waals surface area (Å²) in [6.45, 7) is 3.85. The normalized spacial score (nSPS) is 13.1. The van der Waals surface area contributed by atoms with Gasteiger partial charge in [-0.1, -0.05) is 19.1 Å². The minimum absolute atomic E-state index is 0.122. The molecule has 0 saturated heterocycles. The van der Waals surface area contributed by atoms with Gasteiger partial charge in [0.15, 0.2) is 0 Å². The summed E-state index contributed by atoms with van der Waals surface area (Å²) in [5.74, 6) is 0.507. The SMILES string of the molecule is CCSCC(C)NS(=O)(=O)Cc1ccc(C(=O)O)cc1. The van der Waals surface area contributed by atoms with Crippen LogP contribution in [0.25, 0.3) is 0 Å². The first-order valence-electron chi connectivity index (χ1n) is 6.24. The fourth-order valence-corrected chi connectivity index (χ4v) is 3.83. The van der Waals surface area contributed by atoms with E-state index in [1.807, 2.05) is 13.8 Å². The van der Waals surface area contributed by atoms with Crippen molar-refractivity contribution in [1.29, 1.82) is 0 Å². The van der Waals surface area contributed by atoms with E-state index in [1.165, 1.54) is 24.3 Å². The Balaban J connectivity index is 2.64. The second-order valence-electron chi connectivity index (χ2n) is 4.44. The molecular formula is C13H19NO4S2. The molecular weight excluding hydrogens is 298 g/mol.